The van der Waals surface area contributed by atoms with Crippen LogP contribution in [-0.4, -0.2) is 117 Å². The number of allylic oxidation sites excluding steroid dienone is 1. The van der Waals surface area contributed by atoms with Crippen LogP contribution in [0.15, 0.2) is 66.1 Å². The van der Waals surface area contributed by atoms with Crippen LogP contribution in [0.5, 0.6) is 11.5 Å². The van der Waals surface area contributed by atoms with E-state index in [2.05, 4.69) is 16.0 Å². The lowest BCUT2D eigenvalue weighted by molar-refractivity contribution is -0.145. The Morgan fingerprint density at radius 2 is 1.75 bits per heavy atom. The molecule has 0 spiro atoms. The Morgan fingerprint density at radius 3 is 2.43 bits per heavy atom. The SMILES string of the molecule is COc1ccc2c(O[C@@H]3C[C@H]4C(=O)N[C@]5(C(=O)O)CC5C=CCCCCC[C@H](NC(=O)OC(CN5C(=O)c6ccccc6C5=O)C(C)(C)C)C(=O)N4C3)cc(-c3csc(NC(C)C)n3)nc2c1. The average molecular weight is 936 g/mol. The fourth-order valence-corrected chi connectivity index (χ4v) is 9.78. The molecule has 3 aliphatic heterocycles. The number of carbonyl (C=O) groups excluding carboxylic acids is 5. The van der Waals surface area contributed by atoms with Gasteiger partial charge in [-0.15, -0.1) is 11.3 Å². The van der Waals surface area contributed by atoms with E-state index in [0.29, 0.717) is 53.1 Å². The third-order valence-electron chi connectivity index (χ3n) is 12.8. The van der Waals surface area contributed by atoms with Crippen molar-refractivity contribution in [3.63, 3.8) is 0 Å². The van der Waals surface area contributed by atoms with Crippen molar-refractivity contribution >= 4 is 63.1 Å². The number of benzene rings is 2. The minimum absolute atomic E-state index is 0.00574. The molecule has 1 saturated carbocycles. The molecule has 1 saturated heterocycles. The number of aliphatic carboxylic acids is 1. The molecule has 18 heteroatoms. The molecule has 354 valence electrons. The number of carbonyl (C=O) groups is 6. The third-order valence-corrected chi connectivity index (χ3v) is 13.6. The number of pyridine rings is 1. The zero-order valence-corrected chi connectivity index (χ0v) is 39.3. The maximum atomic E-state index is 15.0. The second-order valence-electron chi connectivity index (χ2n) is 19.1. The zero-order valence-electron chi connectivity index (χ0n) is 38.5. The Bertz CT molecular complexity index is 2590. The number of hydrogen-bond acceptors (Lipinski definition) is 13. The van der Waals surface area contributed by atoms with Crippen molar-refractivity contribution in [2.75, 3.05) is 25.5 Å². The summed E-state index contributed by atoms with van der Waals surface area (Å²) in [7, 11) is 1.56. The molecule has 5 amide bonds. The Labute approximate surface area is 392 Å². The lowest BCUT2D eigenvalue weighted by atomic mass is 9.88. The van der Waals surface area contributed by atoms with E-state index in [0.717, 1.165) is 16.5 Å². The number of hydrogen-bond donors (Lipinski definition) is 4. The van der Waals surface area contributed by atoms with Crippen LogP contribution < -0.4 is 25.4 Å². The zero-order chi connectivity index (χ0) is 47.8. The average Bonchev–Trinajstić information content (AvgIpc) is 3.51. The monoisotopic (exact) mass is 935 g/mol. The maximum Gasteiger partial charge on any atom is 0.408 e. The highest BCUT2D eigenvalue weighted by molar-refractivity contribution is 7.14. The summed E-state index contributed by atoms with van der Waals surface area (Å²) >= 11 is 1.44. The van der Waals surface area contributed by atoms with Gasteiger partial charge in [0.15, 0.2) is 5.13 Å². The van der Waals surface area contributed by atoms with Gasteiger partial charge in [0, 0.05) is 46.7 Å². The Balaban J connectivity index is 1.08. The van der Waals surface area contributed by atoms with Gasteiger partial charge in [0.05, 0.1) is 42.5 Å². The fraction of sp³-hybridized carbons (Fsp3) is 0.469. The van der Waals surface area contributed by atoms with Crippen LogP contribution >= 0.6 is 11.3 Å². The molecule has 5 heterocycles. The normalized spacial score (nSPS) is 23.7. The first-order valence-corrected chi connectivity index (χ1v) is 23.7. The molecule has 2 fully saturated rings. The van der Waals surface area contributed by atoms with E-state index in [1.807, 2.05) is 58.2 Å². The highest BCUT2D eigenvalue weighted by atomic mass is 32.1. The summed E-state index contributed by atoms with van der Waals surface area (Å²) in [6.07, 6.45) is 4.18. The van der Waals surface area contributed by atoms with Gasteiger partial charge in [0.2, 0.25) is 11.8 Å². The number of ether oxygens (including phenoxy) is 3. The minimum atomic E-state index is -1.53. The molecular weight excluding hydrogens is 879 g/mol. The molecule has 6 atom stereocenters. The van der Waals surface area contributed by atoms with Crippen molar-refractivity contribution in [2.45, 2.75) is 115 Å². The molecule has 0 bridgehead atoms. The number of nitrogens with one attached hydrogen (secondary N) is 3. The van der Waals surface area contributed by atoms with Gasteiger partial charge in [0.25, 0.3) is 11.8 Å². The molecule has 4 aromatic rings. The van der Waals surface area contributed by atoms with E-state index in [4.69, 9.17) is 24.2 Å². The number of alkyl carbamates (subject to hydrolysis) is 1. The number of nitrogens with zero attached hydrogens (tertiary/aromatic N) is 4. The van der Waals surface area contributed by atoms with E-state index in [-0.39, 0.29) is 49.5 Å². The summed E-state index contributed by atoms with van der Waals surface area (Å²) in [6, 6.07) is 11.5. The number of fused-ring (bicyclic) bond motifs is 4. The number of rotatable bonds is 11. The number of imide groups is 1. The highest BCUT2D eigenvalue weighted by Gasteiger charge is 2.61. The molecule has 4 aliphatic rings. The maximum absolute atomic E-state index is 15.0. The summed E-state index contributed by atoms with van der Waals surface area (Å²) < 4.78 is 18.3. The lowest BCUT2D eigenvalue weighted by Gasteiger charge is -2.34. The summed E-state index contributed by atoms with van der Waals surface area (Å²) in [5.41, 5.74) is -0.0342. The van der Waals surface area contributed by atoms with Crippen LogP contribution in [0.3, 0.4) is 0 Å². The number of carboxylic acid groups (broad SMARTS) is 1. The van der Waals surface area contributed by atoms with Gasteiger partial charge in [-0.25, -0.2) is 19.6 Å². The number of aromatic nitrogens is 2. The molecule has 8 rings (SSSR count). The van der Waals surface area contributed by atoms with Gasteiger partial charge < -0.3 is 40.2 Å². The Kier molecular flexibility index (Phi) is 13.3. The molecule has 67 heavy (non-hydrogen) atoms. The second kappa shape index (κ2) is 19.0. The smallest absolute Gasteiger partial charge is 0.408 e. The van der Waals surface area contributed by atoms with E-state index < -0.39 is 76.9 Å². The largest absolute Gasteiger partial charge is 0.497 e. The van der Waals surface area contributed by atoms with Gasteiger partial charge in [-0.2, -0.15) is 0 Å². The van der Waals surface area contributed by atoms with Crippen molar-refractivity contribution in [2.24, 2.45) is 11.3 Å². The van der Waals surface area contributed by atoms with Crippen LogP contribution in [0.1, 0.15) is 100 Å². The molecule has 17 nitrogen and oxygen atoms in total. The number of anilines is 1. The molecule has 2 aromatic heterocycles. The minimum Gasteiger partial charge on any atom is -0.497 e. The molecular formula is C49H57N7O10S. The van der Waals surface area contributed by atoms with Gasteiger partial charge in [-0.1, -0.05) is 57.9 Å². The van der Waals surface area contributed by atoms with Crippen LogP contribution in [0.4, 0.5) is 9.93 Å². The number of thiazole rings is 1. The predicted octanol–water partition coefficient (Wildman–Crippen LogP) is 6.82. The van der Waals surface area contributed by atoms with Crippen molar-refractivity contribution in [3.8, 4) is 22.9 Å². The van der Waals surface area contributed by atoms with Gasteiger partial charge >= 0.3 is 12.1 Å². The number of methoxy groups -OCH3 is 1. The van der Waals surface area contributed by atoms with Crippen molar-refractivity contribution in [1.29, 1.82) is 0 Å². The summed E-state index contributed by atoms with van der Waals surface area (Å²) in [5.74, 6) is -2.79. The third kappa shape index (κ3) is 9.94. The van der Waals surface area contributed by atoms with Gasteiger partial charge in [-0.3, -0.25) is 24.1 Å². The summed E-state index contributed by atoms with van der Waals surface area (Å²) in [5, 5.41) is 22.6. The Morgan fingerprint density at radius 1 is 1.00 bits per heavy atom. The van der Waals surface area contributed by atoms with Crippen molar-refractivity contribution in [1.82, 2.24) is 30.4 Å². The first-order chi connectivity index (χ1) is 31.9. The first kappa shape index (κ1) is 47.0. The van der Waals surface area contributed by atoms with Crippen LogP contribution in [0, 0.1) is 11.3 Å². The topological polar surface area (TPSA) is 219 Å². The van der Waals surface area contributed by atoms with Crippen molar-refractivity contribution in [3.05, 3.63) is 77.2 Å². The van der Waals surface area contributed by atoms with E-state index in [1.165, 1.54) is 16.2 Å². The van der Waals surface area contributed by atoms with Gasteiger partial charge in [-0.05, 0) is 63.8 Å². The molecule has 1 aliphatic carbocycles. The van der Waals surface area contributed by atoms with Gasteiger partial charge in [0.1, 0.15) is 47.0 Å². The number of carboxylic acids is 1. The van der Waals surface area contributed by atoms with Crippen LogP contribution in [-0.2, 0) is 19.1 Å². The number of amides is 5. The summed E-state index contributed by atoms with van der Waals surface area (Å²) in [6.45, 7) is 9.20. The standard InChI is InChI=1S/C49H57N7O10S/c1-27(2)50-46-52-37(26-67-46)36-22-39(33-19-18-29(64-6)20-35(33)51-36)65-30-21-38-41(57)54-49(45(61)62)23-28(49)14-10-8-7-9-11-17-34(44(60)55(38)24-30)53-47(63)66-40(48(3,4)5)25-56-42(58)31-15-12-13-16-32(31)43(56)59/h10,12-16,18-20,22,26-28,30,34,38,40H,7-9,11,17,21,23-25H2,1-6H3,(H,50,52)(H,53,63)(H,54,57)(H,61,62)/t28?,30-,34+,38+,40?,49-/m1/s1. The lowest BCUT2D eigenvalue weighted by Crippen LogP contribution is -2.56. The van der Waals surface area contributed by atoms with Crippen molar-refractivity contribution < 1.29 is 48.1 Å². The quantitative estimate of drug-likeness (QED) is 0.0898. The molecule has 2 unspecified atom stereocenters. The van der Waals surface area contributed by atoms with E-state index in [1.54, 1.807) is 49.6 Å². The molecule has 2 aromatic carbocycles. The predicted molar refractivity (Wildman–Crippen MR) is 250 cm³/mol. The molecule has 0 radical (unpaired) electrons. The van der Waals surface area contributed by atoms with E-state index >= 15 is 0 Å². The summed E-state index contributed by atoms with van der Waals surface area (Å²) in [4.78, 5) is 94.9. The fourth-order valence-electron chi connectivity index (χ4n) is 8.93. The second-order valence-corrected chi connectivity index (χ2v) is 19.9. The Hall–Kier alpha value is -6.56. The highest BCUT2D eigenvalue weighted by Crippen LogP contribution is 2.46. The molecule has 4 N–H and O–H groups in total. The van der Waals surface area contributed by atoms with Crippen LogP contribution in [0.25, 0.3) is 22.3 Å². The first-order valence-electron chi connectivity index (χ1n) is 22.8. The van der Waals surface area contributed by atoms with Crippen LogP contribution in [0.2, 0.25) is 0 Å². The van der Waals surface area contributed by atoms with E-state index in [9.17, 15) is 33.9 Å².